The SMILES string of the molecule is Clc1cnn(CCNCc2ccc(Cl)s2)c1. The second-order valence-corrected chi connectivity index (χ2v) is 5.54. The molecular formula is C10H11Cl2N3S. The van der Waals surface area contributed by atoms with Crippen molar-refractivity contribution in [2.24, 2.45) is 0 Å². The van der Waals surface area contributed by atoms with Crippen molar-refractivity contribution in [3.8, 4) is 0 Å². The van der Waals surface area contributed by atoms with E-state index in [2.05, 4.69) is 10.4 Å². The molecule has 0 bridgehead atoms. The predicted octanol–water partition coefficient (Wildman–Crippen LogP) is 3.04. The van der Waals surface area contributed by atoms with Gasteiger partial charge in [0.05, 0.1) is 22.1 Å². The lowest BCUT2D eigenvalue weighted by molar-refractivity contribution is 0.557. The average molecular weight is 276 g/mol. The minimum atomic E-state index is 0.671. The molecule has 3 nitrogen and oxygen atoms in total. The fraction of sp³-hybridized carbons (Fsp3) is 0.300. The molecule has 86 valence electrons. The van der Waals surface area contributed by atoms with Gasteiger partial charge in [-0.25, -0.2) is 0 Å². The summed E-state index contributed by atoms with van der Waals surface area (Å²) in [5.74, 6) is 0. The molecule has 1 N–H and O–H groups in total. The monoisotopic (exact) mass is 275 g/mol. The van der Waals surface area contributed by atoms with E-state index in [0.717, 1.165) is 24.0 Å². The summed E-state index contributed by atoms with van der Waals surface area (Å²) in [6.07, 6.45) is 3.45. The molecule has 2 rings (SSSR count). The van der Waals surface area contributed by atoms with Crippen molar-refractivity contribution >= 4 is 34.5 Å². The standard InChI is InChI=1S/C10H11Cl2N3S/c11-8-5-14-15(7-8)4-3-13-6-9-1-2-10(12)16-9/h1-2,5,7,13H,3-4,6H2. The molecule has 0 radical (unpaired) electrons. The summed E-state index contributed by atoms with van der Waals surface area (Å²) in [6.45, 7) is 2.51. The lowest BCUT2D eigenvalue weighted by atomic mass is 10.4. The molecule has 0 saturated carbocycles. The quantitative estimate of drug-likeness (QED) is 0.851. The van der Waals surface area contributed by atoms with Crippen LogP contribution in [0.15, 0.2) is 24.5 Å². The van der Waals surface area contributed by atoms with E-state index in [4.69, 9.17) is 23.2 Å². The van der Waals surface area contributed by atoms with Crippen molar-refractivity contribution in [1.82, 2.24) is 15.1 Å². The van der Waals surface area contributed by atoms with Gasteiger partial charge < -0.3 is 5.32 Å². The molecule has 0 saturated heterocycles. The van der Waals surface area contributed by atoms with Crippen LogP contribution in [0.1, 0.15) is 4.88 Å². The summed E-state index contributed by atoms with van der Waals surface area (Å²) in [5, 5.41) is 8.08. The number of thiophene rings is 1. The van der Waals surface area contributed by atoms with E-state index in [1.54, 1.807) is 17.5 Å². The van der Waals surface area contributed by atoms with E-state index >= 15 is 0 Å². The van der Waals surface area contributed by atoms with E-state index < -0.39 is 0 Å². The van der Waals surface area contributed by atoms with Gasteiger partial charge in [0.25, 0.3) is 0 Å². The normalized spacial score (nSPS) is 10.9. The van der Waals surface area contributed by atoms with Gasteiger partial charge in [-0.15, -0.1) is 11.3 Å². The Morgan fingerprint density at radius 1 is 1.38 bits per heavy atom. The van der Waals surface area contributed by atoms with E-state index in [1.165, 1.54) is 4.88 Å². The van der Waals surface area contributed by atoms with Crippen LogP contribution in [0.3, 0.4) is 0 Å². The molecule has 2 aromatic rings. The number of rotatable bonds is 5. The minimum absolute atomic E-state index is 0.671. The highest BCUT2D eigenvalue weighted by molar-refractivity contribution is 7.16. The Hall–Kier alpha value is -0.550. The number of aromatic nitrogens is 2. The highest BCUT2D eigenvalue weighted by Gasteiger charge is 1.98. The van der Waals surface area contributed by atoms with Gasteiger partial charge in [-0.1, -0.05) is 23.2 Å². The third-order valence-electron chi connectivity index (χ3n) is 2.05. The van der Waals surface area contributed by atoms with Crippen molar-refractivity contribution in [3.63, 3.8) is 0 Å². The Morgan fingerprint density at radius 3 is 2.88 bits per heavy atom. The maximum Gasteiger partial charge on any atom is 0.0931 e. The molecule has 2 aromatic heterocycles. The molecular weight excluding hydrogens is 265 g/mol. The van der Waals surface area contributed by atoms with E-state index in [-0.39, 0.29) is 0 Å². The summed E-state index contributed by atoms with van der Waals surface area (Å²) in [4.78, 5) is 1.24. The zero-order valence-electron chi connectivity index (χ0n) is 8.49. The molecule has 0 aliphatic carbocycles. The van der Waals surface area contributed by atoms with E-state index in [9.17, 15) is 0 Å². The van der Waals surface area contributed by atoms with Crippen LogP contribution in [0.2, 0.25) is 9.36 Å². The zero-order valence-corrected chi connectivity index (χ0v) is 10.8. The van der Waals surface area contributed by atoms with Crippen molar-refractivity contribution in [1.29, 1.82) is 0 Å². The maximum absolute atomic E-state index is 5.83. The first kappa shape index (κ1) is 11.9. The van der Waals surface area contributed by atoms with E-state index in [0.29, 0.717) is 5.02 Å². The Morgan fingerprint density at radius 2 is 2.25 bits per heavy atom. The van der Waals surface area contributed by atoms with Crippen LogP contribution in [-0.2, 0) is 13.1 Å². The van der Waals surface area contributed by atoms with Gasteiger partial charge in [0.15, 0.2) is 0 Å². The molecule has 16 heavy (non-hydrogen) atoms. The second-order valence-electron chi connectivity index (χ2n) is 3.30. The van der Waals surface area contributed by atoms with Gasteiger partial charge in [-0.05, 0) is 12.1 Å². The Bertz CT molecular complexity index is 410. The van der Waals surface area contributed by atoms with Crippen molar-refractivity contribution in [2.45, 2.75) is 13.1 Å². The van der Waals surface area contributed by atoms with E-state index in [1.807, 2.05) is 23.0 Å². The highest BCUT2D eigenvalue weighted by Crippen LogP contribution is 2.20. The minimum Gasteiger partial charge on any atom is -0.310 e. The van der Waals surface area contributed by atoms with Crippen LogP contribution in [0.5, 0.6) is 0 Å². The van der Waals surface area contributed by atoms with Gasteiger partial charge in [-0.2, -0.15) is 5.10 Å². The smallest absolute Gasteiger partial charge is 0.0931 e. The summed E-state index contributed by atoms with van der Waals surface area (Å²) in [7, 11) is 0. The summed E-state index contributed by atoms with van der Waals surface area (Å²) in [5.41, 5.74) is 0. The van der Waals surface area contributed by atoms with Crippen LogP contribution in [-0.4, -0.2) is 16.3 Å². The molecule has 0 spiro atoms. The number of hydrogen-bond acceptors (Lipinski definition) is 3. The van der Waals surface area contributed by atoms with Crippen molar-refractivity contribution in [3.05, 3.63) is 38.8 Å². The van der Waals surface area contributed by atoms with Gasteiger partial charge in [0.1, 0.15) is 0 Å². The largest absolute Gasteiger partial charge is 0.310 e. The molecule has 0 fully saturated rings. The Kier molecular flexibility index (Phi) is 4.23. The van der Waals surface area contributed by atoms with Crippen LogP contribution < -0.4 is 5.32 Å². The summed E-state index contributed by atoms with van der Waals surface area (Å²) in [6, 6.07) is 3.95. The maximum atomic E-state index is 5.83. The van der Waals surface area contributed by atoms with Gasteiger partial charge in [-0.3, -0.25) is 4.68 Å². The third kappa shape index (κ3) is 3.49. The highest BCUT2D eigenvalue weighted by atomic mass is 35.5. The van der Waals surface area contributed by atoms with Crippen LogP contribution in [0, 0.1) is 0 Å². The first-order valence-corrected chi connectivity index (χ1v) is 6.44. The van der Waals surface area contributed by atoms with Gasteiger partial charge in [0.2, 0.25) is 0 Å². The lowest BCUT2D eigenvalue weighted by Gasteiger charge is -2.02. The van der Waals surface area contributed by atoms with Crippen molar-refractivity contribution in [2.75, 3.05) is 6.54 Å². The summed E-state index contributed by atoms with van der Waals surface area (Å²) < 4.78 is 2.65. The van der Waals surface area contributed by atoms with Crippen LogP contribution in [0.4, 0.5) is 0 Å². The first-order chi connectivity index (χ1) is 7.74. The fourth-order valence-electron chi connectivity index (χ4n) is 1.31. The van der Waals surface area contributed by atoms with Crippen LogP contribution in [0.25, 0.3) is 0 Å². The first-order valence-electron chi connectivity index (χ1n) is 4.87. The fourth-order valence-corrected chi connectivity index (χ4v) is 2.53. The molecule has 0 unspecified atom stereocenters. The molecule has 0 atom stereocenters. The molecule has 0 aliphatic heterocycles. The van der Waals surface area contributed by atoms with Crippen LogP contribution >= 0.6 is 34.5 Å². The summed E-state index contributed by atoms with van der Waals surface area (Å²) >= 11 is 13.2. The van der Waals surface area contributed by atoms with Gasteiger partial charge >= 0.3 is 0 Å². The number of hydrogen-bond donors (Lipinski definition) is 1. The van der Waals surface area contributed by atoms with Crippen molar-refractivity contribution < 1.29 is 0 Å². The third-order valence-corrected chi connectivity index (χ3v) is 3.47. The molecule has 2 heterocycles. The Balaban J connectivity index is 1.69. The Labute approximate surface area is 108 Å². The number of nitrogens with zero attached hydrogens (tertiary/aromatic N) is 2. The zero-order chi connectivity index (χ0) is 11.4. The lowest BCUT2D eigenvalue weighted by Crippen LogP contribution is -2.19. The second kappa shape index (κ2) is 5.68. The van der Waals surface area contributed by atoms with Gasteiger partial charge in [0, 0.05) is 24.2 Å². The molecule has 0 aromatic carbocycles. The molecule has 0 amide bonds. The topological polar surface area (TPSA) is 29.9 Å². The number of halogens is 2. The molecule has 0 aliphatic rings. The average Bonchev–Trinajstić information content (AvgIpc) is 2.83. The molecule has 6 heteroatoms. The predicted molar refractivity (Wildman–Crippen MR) is 68.3 cm³/mol. The number of nitrogens with one attached hydrogen (secondary N) is 1.